The minimum Gasteiger partial charge on any atom is -0.369 e. The normalized spacial score (nSPS) is 37.2. The van der Waals surface area contributed by atoms with Crippen molar-refractivity contribution in [1.82, 2.24) is 10.2 Å². The molecule has 4 rings (SSSR count). The second-order valence-electron chi connectivity index (χ2n) is 9.85. The van der Waals surface area contributed by atoms with E-state index in [1.807, 2.05) is 4.90 Å². The van der Waals surface area contributed by atoms with Gasteiger partial charge in [-0.25, -0.2) is 0 Å². The van der Waals surface area contributed by atoms with Crippen molar-refractivity contribution in [2.45, 2.75) is 101 Å². The lowest BCUT2D eigenvalue weighted by Gasteiger charge is -2.39. The molecule has 0 aromatic carbocycles. The number of thioether (sulfide) groups is 1. The van der Waals surface area contributed by atoms with Gasteiger partial charge in [-0.15, -0.1) is 11.8 Å². The predicted octanol–water partition coefficient (Wildman–Crippen LogP) is 3.19. The fraction of sp³-hybridized carbons (Fsp3) is 0.870. The quantitative estimate of drug-likeness (QED) is 0.670. The van der Waals surface area contributed by atoms with E-state index >= 15 is 0 Å². The lowest BCUT2D eigenvalue weighted by Crippen LogP contribution is -2.55. The maximum absolute atomic E-state index is 13.2. The second-order valence-corrected chi connectivity index (χ2v) is 11.2. The molecule has 7 heteroatoms. The first-order valence-corrected chi connectivity index (χ1v) is 13.0. The van der Waals surface area contributed by atoms with Crippen molar-refractivity contribution in [1.29, 1.82) is 0 Å². The Morgan fingerprint density at radius 1 is 1.13 bits per heavy atom. The highest BCUT2D eigenvalue weighted by Gasteiger charge is 2.59. The zero-order valence-electron chi connectivity index (χ0n) is 18.2. The Bertz CT molecular complexity index is 681. The van der Waals surface area contributed by atoms with Gasteiger partial charge < -0.3 is 16.0 Å². The van der Waals surface area contributed by atoms with Crippen molar-refractivity contribution in [2.24, 2.45) is 23.0 Å². The van der Waals surface area contributed by atoms with E-state index in [0.29, 0.717) is 24.3 Å². The van der Waals surface area contributed by atoms with Crippen molar-refractivity contribution in [2.75, 3.05) is 6.54 Å². The summed E-state index contributed by atoms with van der Waals surface area (Å²) in [6, 6.07) is 0.303. The Balaban J connectivity index is 1.47. The van der Waals surface area contributed by atoms with Crippen LogP contribution >= 0.6 is 11.8 Å². The number of nitrogens with zero attached hydrogens (tertiary/aromatic N) is 1. The van der Waals surface area contributed by atoms with E-state index in [2.05, 4.69) is 12.2 Å². The van der Waals surface area contributed by atoms with E-state index < -0.39 is 5.41 Å². The number of carbonyl (C=O) groups excluding carboxylic acids is 3. The molecule has 6 nitrogen and oxygen atoms in total. The highest BCUT2D eigenvalue weighted by Crippen LogP contribution is 2.58. The highest BCUT2D eigenvalue weighted by atomic mass is 32.2. The molecule has 0 aromatic heterocycles. The average molecular weight is 436 g/mol. The average Bonchev–Trinajstić information content (AvgIpc) is 3.28. The molecule has 3 N–H and O–H groups in total. The monoisotopic (exact) mass is 435 g/mol. The summed E-state index contributed by atoms with van der Waals surface area (Å²) in [5.41, 5.74) is 5.36. The van der Waals surface area contributed by atoms with Crippen LogP contribution in [0, 0.1) is 17.3 Å². The third-order valence-electron chi connectivity index (χ3n) is 8.08. The molecule has 2 heterocycles. The van der Waals surface area contributed by atoms with Gasteiger partial charge in [-0.05, 0) is 38.0 Å². The lowest BCUT2D eigenvalue weighted by molar-refractivity contribution is -0.134. The smallest absolute Gasteiger partial charge is 0.226 e. The highest BCUT2D eigenvalue weighted by molar-refractivity contribution is 8.00. The van der Waals surface area contributed by atoms with E-state index in [9.17, 15) is 14.4 Å². The van der Waals surface area contributed by atoms with Gasteiger partial charge in [0.2, 0.25) is 17.7 Å². The first kappa shape index (κ1) is 22.0. The van der Waals surface area contributed by atoms with Crippen LogP contribution in [-0.4, -0.2) is 45.8 Å². The van der Waals surface area contributed by atoms with Crippen LogP contribution in [0.5, 0.6) is 0 Å². The summed E-state index contributed by atoms with van der Waals surface area (Å²) in [6.07, 6.45) is 12.0. The third-order valence-corrected chi connectivity index (χ3v) is 9.81. The molecule has 2 saturated carbocycles. The molecular formula is C23H37N3O3S. The van der Waals surface area contributed by atoms with Crippen molar-refractivity contribution in [3.8, 4) is 0 Å². The third kappa shape index (κ3) is 3.87. The van der Waals surface area contributed by atoms with Crippen LogP contribution < -0.4 is 11.1 Å². The summed E-state index contributed by atoms with van der Waals surface area (Å²) >= 11 is 1.76. The topological polar surface area (TPSA) is 92.5 Å². The minimum absolute atomic E-state index is 0.0699. The summed E-state index contributed by atoms with van der Waals surface area (Å²) in [4.78, 5) is 40.6. The number of nitrogens with one attached hydrogen (secondary N) is 1. The molecule has 2 aliphatic carbocycles. The maximum Gasteiger partial charge on any atom is 0.226 e. The fourth-order valence-electron chi connectivity index (χ4n) is 6.57. The number of rotatable bonds is 6. The van der Waals surface area contributed by atoms with Crippen LogP contribution in [0.4, 0.5) is 0 Å². The first-order valence-electron chi connectivity index (χ1n) is 12.0. The molecule has 168 valence electrons. The molecule has 0 spiro atoms. The Hall–Kier alpha value is -1.24. The van der Waals surface area contributed by atoms with Gasteiger partial charge in [-0.2, -0.15) is 0 Å². The number of hydrogen-bond donors (Lipinski definition) is 2. The molecular weight excluding hydrogens is 398 g/mol. The molecule has 3 amide bonds. The minimum atomic E-state index is -0.661. The molecule has 30 heavy (non-hydrogen) atoms. The van der Waals surface area contributed by atoms with Crippen molar-refractivity contribution in [3.05, 3.63) is 0 Å². The van der Waals surface area contributed by atoms with Gasteiger partial charge in [-0.3, -0.25) is 14.4 Å². The predicted molar refractivity (Wildman–Crippen MR) is 118 cm³/mol. The molecule has 0 aromatic rings. The summed E-state index contributed by atoms with van der Waals surface area (Å²) in [6.45, 7) is 2.61. The Morgan fingerprint density at radius 2 is 1.83 bits per heavy atom. The van der Waals surface area contributed by atoms with Crippen LogP contribution in [-0.2, 0) is 14.4 Å². The standard InChI is InChI=1S/C23H37N3O3S/c1-2-12-23(21(24)29)17-10-6-7-11-18(17)30-22(23)25-20(28)15-13-19(27)26(14-15)16-8-4-3-5-9-16/h15-18,22H,2-14H2,1H3,(H2,24,29)(H,25,28). The van der Waals surface area contributed by atoms with Crippen molar-refractivity contribution in [3.63, 3.8) is 0 Å². The van der Waals surface area contributed by atoms with Crippen LogP contribution in [0.2, 0.25) is 0 Å². The van der Waals surface area contributed by atoms with Gasteiger partial charge in [0.05, 0.1) is 16.7 Å². The molecule has 5 unspecified atom stereocenters. The first-order chi connectivity index (χ1) is 14.5. The molecule has 2 aliphatic heterocycles. The van der Waals surface area contributed by atoms with E-state index in [0.717, 1.165) is 44.9 Å². The summed E-state index contributed by atoms with van der Waals surface area (Å²) < 4.78 is 0. The number of fused-ring (bicyclic) bond motifs is 1. The van der Waals surface area contributed by atoms with Crippen molar-refractivity contribution >= 4 is 29.5 Å². The fourth-order valence-corrected chi connectivity index (χ4v) is 8.62. The van der Waals surface area contributed by atoms with Gasteiger partial charge in [-0.1, -0.05) is 45.4 Å². The summed E-state index contributed by atoms with van der Waals surface area (Å²) in [5.74, 6) is -0.273. The zero-order chi connectivity index (χ0) is 21.3. The van der Waals surface area contributed by atoms with E-state index in [-0.39, 0.29) is 34.9 Å². The van der Waals surface area contributed by atoms with E-state index in [1.165, 1.54) is 25.7 Å². The van der Waals surface area contributed by atoms with Gasteiger partial charge in [0.1, 0.15) is 0 Å². The SMILES string of the molecule is CCCC1(C(N)=O)C(NC(=O)C2CC(=O)N(C3CCCCC3)C2)SC2CCCCC21. The van der Waals surface area contributed by atoms with E-state index in [1.54, 1.807) is 11.8 Å². The van der Waals surface area contributed by atoms with Gasteiger partial charge in [0, 0.05) is 24.3 Å². The Morgan fingerprint density at radius 3 is 2.53 bits per heavy atom. The van der Waals surface area contributed by atoms with Crippen LogP contribution in [0.1, 0.15) is 84.0 Å². The largest absolute Gasteiger partial charge is 0.369 e. The number of nitrogens with two attached hydrogens (primary N) is 1. The molecule has 2 saturated heterocycles. The van der Waals surface area contributed by atoms with Crippen LogP contribution in [0.3, 0.4) is 0 Å². The number of likely N-dealkylation sites (tertiary alicyclic amines) is 1. The van der Waals surface area contributed by atoms with Gasteiger partial charge >= 0.3 is 0 Å². The Labute approximate surface area is 184 Å². The zero-order valence-corrected chi connectivity index (χ0v) is 19.1. The number of amides is 3. The second kappa shape index (κ2) is 9.09. The van der Waals surface area contributed by atoms with Gasteiger partial charge in [0.15, 0.2) is 0 Å². The van der Waals surface area contributed by atoms with E-state index in [4.69, 9.17) is 5.73 Å². The van der Waals surface area contributed by atoms with Gasteiger partial charge in [0.25, 0.3) is 0 Å². The molecule has 0 radical (unpaired) electrons. The van der Waals surface area contributed by atoms with Crippen LogP contribution in [0.15, 0.2) is 0 Å². The number of carbonyl (C=O) groups is 3. The lowest BCUT2D eigenvalue weighted by atomic mass is 9.65. The number of hydrogen-bond acceptors (Lipinski definition) is 4. The molecule has 4 fully saturated rings. The summed E-state index contributed by atoms with van der Waals surface area (Å²) in [5, 5.41) is 3.35. The van der Waals surface area contributed by atoms with Crippen molar-refractivity contribution < 1.29 is 14.4 Å². The maximum atomic E-state index is 13.2. The molecule has 0 bridgehead atoms. The van der Waals surface area contributed by atoms with Crippen LogP contribution in [0.25, 0.3) is 0 Å². The molecule has 4 aliphatic rings. The Kier molecular flexibility index (Phi) is 6.66. The summed E-state index contributed by atoms with van der Waals surface area (Å²) in [7, 11) is 0. The molecule has 5 atom stereocenters. The number of primary amides is 1.